The number of ether oxygens (including phenoxy) is 1. The average molecular weight is 380 g/mol. The van der Waals surface area contributed by atoms with Gasteiger partial charge >= 0.3 is 0 Å². The summed E-state index contributed by atoms with van der Waals surface area (Å²) in [6.45, 7) is 0.473. The minimum absolute atomic E-state index is 0.0931. The number of pyridine rings is 1. The number of nitrogen functional groups attached to an aromatic ring is 1. The van der Waals surface area contributed by atoms with Crippen LogP contribution in [0.3, 0.4) is 0 Å². The zero-order valence-electron chi connectivity index (χ0n) is 15.9. The SMILES string of the molecule is CN(C(=O)c1cccnc1N)C1CCC2(CC1)CNC(=O)c1ccccc1O2. The van der Waals surface area contributed by atoms with Crippen molar-refractivity contribution in [2.75, 3.05) is 19.3 Å². The van der Waals surface area contributed by atoms with Gasteiger partial charge in [0.15, 0.2) is 0 Å². The molecule has 1 aromatic heterocycles. The Morgan fingerprint density at radius 2 is 2.00 bits per heavy atom. The average Bonchev–Trinajstić information content (AvgIpc) is 2.85. The van der Waals surface area contributed by atoms with Crippen molar-refractivity contribution < 1.29 is 14.3 Å². The monoisotopic (exact) mass is 380 g/mol. The first-order chi connectivity index (χ1) is 13.5. The van der Waals surface area contributed by atoms with Gasteiger partial charge in [0.25, 0.3) is 11.8 Å². The Hall–Kier alpha value is -3.09. The fourth-order valence-corrected chi connectivity index (χ4v) is 4.10. The highest BCUT2D eigenvalue weighted by atomic mass is 16.5. The van der Waals surface area contributed by atoms with Crippen LogP contribution in [0.25, 0.3) is 0 Å². The fraction of sp³-hybridized carbons (Fsp3) is 0.381. The molecule has 1 aliphatic carbocycles. The Balaban J connectivity index is 1.47. The number of carbonyl (C=O) groups is 2. The van der Waals surface area contributed by atoms with Gasteiger partial charge in [0.05, 0.1) is 17.7 Å². The maximum atomic E-state index is 12.8. The zero-order valence-corrected chi connectivity index (χ0v) is 15.9. The lowest BCUT2D eigenvalue weighted by molar-refractivity contribution is 0.0104. The molecule has 2 aromatic rings. The van der Waals surface area contributed by atoms with E-state index in [9.17, 15) is 9.59 Å². The number of para-hydroxylation sites is 1. The van der Waals surface area contributed by atoms with E-state index < -0.39 is 5.60 Å². The topological polar surface area (TPSA) is 97.5 Å². The number of nitrogens with two attached hydrogens (primary N) is 1. The molecule has 28 heavy (non-hydrogen) atoms. The summed E-state index contributed by atoms with van der Waals surface area (Å²) in [4.78, 5) is 30.9. The molecular weight excluding hydrogens is 356 g/mol. The van der Waals surface area contributed by atoms with Gasteiger partial charge in [0, 0.05) is 19.3 Å². The second-order valence-corrected chi connectivity index (χ2v) is 7.55. The summed E-state index contributed by atoms with van der Waals surface area (Å²) in [5.74, 6) is 0.655. The molecule has 0 atom stereocenters. The molecule has 3 N–H and O–H groups in total. The number of carbonyl (C=O) groups excluding carboxylic acids is 2. The van der Waals surface area contributed by atoms with E-state index in [4.69, 9.17) is 10.5 Å². The van der Waals surface area contributed by atoms with Crippen LogP contribution >= 0.6 is 0 Å². The van der Waals surface area contributed by atoms with Gasteiger partial charge in [0.2, 0.25) is 0 Å². The largest absolute Gasteiger partial charge is 0.485 e. The highest BCUT2D eigenvalue weighted by Crippen LogP contribution is 2.37. The summed E-state index contributed by atoms with van der Waals surface area (Å²) in [6, 6.07) is 10.8. The predicted molar refractivity (Wildman–Crippen MR) is 105 cm³/mol. The standard InChI is InChI=1S/C21H24N4O3/c1-25(20(27)16-6-4-12-23-18(16)22)14-8-10-21(11-9-14)13-24-19(26)15-5-2-3-7-17(15)28-21/h2-7,12,14H,8-11,13H2,1H3,(H2,22,23)(H,24,26). The highest BCUT2D eigenvalue weighted by molar-refractivity contribution is 5.98. The van der Waals surface area contributed by atoms with Gasteiger partial charge in [-0.15, -0.1) is 0 Å². The molecule has 7 nitrogen and oxygen atoms in total. The van der Waals surface area contributed by atoms with Crippen molar-refractivity contribution in [2.24, 2.45) is 0 Å². The number of benzene rings is 1. The van der Waals surface area contributed by atoms with Crippen molar-refractivity contribution in [3.05, 3.63) is 53.7 Å². The molecule has 1 saturated carbocycles. The quantitative estimate of drug-likeness (QED) is 0.833. The van der Waals surface area contributed by atoms with Crippen LogP contribution in [0, 0.1) is 0 Å². The van der Waals surface area contributed by atoms with Gasteiger partial charge in [-0.25, -0.2) is 4.98 Å². The molecule has 1 spiro atoms. The Kier molecular flexibility index (Phi) is 4.66. The minimum Gasteiger partial charge on any atom is -0.485 e. The van der Waals surface area contributed by atoms with Gasteiger partial charge in [-0.3, -0.25) is 9.59 Å². The molecule has 2 aliphatic rings. The summed E-state index contributed by atoms with van der Waals surface area (Å²) >= 11 is 0. The predicted octanol–water partition coefficient (Wildman–Crippen LogP) is 2.24. The maximum Gasteiger partial charge on any atom is 0.257 e. The number of nitrogens with zero attached hydrogens (tertiary/aromatic N) is 2. The molecule has 4 rings (SSSR count). The van der Waals surface area contributed by atoms with Crippen LogP contribution in [0.4, 0.5) is 5.82 Å². The number of hydrogen-bond acceptors (Lipinski definition) is 5. The maximum absolute atomic E-state index is 12.8. The normalized spacial score (nSPS) is 23.9. The van der Waals surface area contributed by atoms with Crippen LogP contribution in [0.15, 0.2) is 42.6 Å². The lowest BCUT2D eigenvalue weighted by atomic mass is 9.81. The second kappa shape index (κ2) is 7.14. The Bertz CT molecular complexity index is 906. The van der Waals surface area contributed by atoms with Crippen molar-refractivity contribution >= 4 is 17.6 Å². The third-order valence-corrected chi connectivity index (χ3v) is 5.83. The number of aromatic nitrogens is 1. The van der Waals surface area contributed by atoms with E-state index in [-0.39, 0.29) is 23.7 Å². The number of fused-ring (bicyclic) bond motifs is 1. The zero-order chi connectivity index (χ0) is 19.7. The lowest BCUT2D eigenvalue weighted by Crippen LogP contribution is -2.51. The van der Waals surface area contributed by atoms with Crippen molar-refractivity contribution in [3.63, 3.8) is 0 Å². The van der Waals surface area contributed by atoms with E-state index in [2.05, 4.69) is 10.3 Å². The molecule has 146 valence electrons. The molecule has 0 radical (unpaired) electrons. The molecule has 0 saturated heterocycles. The van der Waals surface area contributed by atoms with Gasteiger partial charge < -0.3 is 20.7 Å². The minimum atomic E-state index is -0.435. The fourth-order valence-electron chi connectivity index (χ4n) is 4.10. The van der Waals surface area contributed by atoms with Crippen LogP contribution in [0.1, 0.15) is 46.4 Å². The summed E-state index contributed by atoms with van der Waals surface area (Å²) in [5.41, 5.74) is 6.42. The molecule has 7 heteroatoms. The van der Waals surface area contributed by atoms with Crippen molar-refractivity contribution in [3.8, 4) is 5.75 Å². The first-order valence-corrected chi connectivity index (χ1v) is 9.53. The lowest BCUT2D eigenvalue weighted by Gasteiger charge is -2.42. The molecule has 2 heterocycles. The summed E-state index contributed by atoms with van der Waals surface area (Å²) in [7, 11) is 1.81. The Labute approximate surface area is 163 Å². The molecule has 1 fully saturated rings. The van der Waals surface area contributed by atoms with E-state index >= 15 is 0 Å². The smallest absolute Gasteiger partial charge is 0.257 e. The number of rotatable bonds is 2. The Morgan fingerprint density at radius 1 is 1.25 bits per heavy atom. The third-order valence-electron chi connectivity index (χ3n) is 5.83. The summed E-state index contributed by atoms with van der Waals surface area (Å²) in [5, 5.41) is 2.99. The van der Waals surface area contributed by atoms with Gasteiger partial charge in [0.1, 0.15) is 17.2 Å². The number of anilines is 1. The van der Waals surface area contributed by atoms with Gasteiger partial charge in [-0.2, -0.15) is 0 Å². The molecular formula is C21H24N4O3. The molecule has 1 aliphatic heterocycles. The van der Waals surface area contributed by atoms with Crippen LogP contribution in [-0.2, 0) is 0 Å². The summed E-state index contributed by atoms with van der Waals surface area (Å²) < 4.78 is 6.33. The van der Waals surface area contributed by atoms with Gasteiger partial charge in [-0.1, -0.05) is 12.1 Å². The Morgan fingerprint density at radius 3 is 2.75 bits per heavy atom. The summed E-state index contributed by atoms with van der Waals surface area (Å²) in [6.07, 6.45) is 4.67. The highest BCUT2D eigenvalue weighted by Gasteiger charge is 2.41. The van der Waals surface area contributed by atoms with Gasteiger partial charge in [-0.05, 0) is 49.9 Å². The second-order valence-electron chi connectivity index (χ2n) is 7.55. The van der Waals surface area contributed by atoms with E-state index in [1.54, 1.807) is 29.3 Å². The van der Waals surface area contributed by atoms with Crippen LogP contribution in [-0.4, -0.2) is 46.9 Å². The van der Waals surface area contributed by atoms with E-state index in [0.717, 1.165) is 25.7 Å². The van der Waals surface area contributed by atoms with Crippen molar-refractivity contribution in [1.29, 1.82) is 0 Å². The molecule has 0 unspecified atom stereocenters. The van der Waals surface area contributed by atoms with Crippen LogP contribution < -0.4 is 15.8 Å². The van der Waals surface area contributed by atoms with E-state index in [1.165, 1.54) is 0 Å². The molecule has 0 bridgehead atoms. The first-order valence-electron chi connectivity index (χ1n) is 9.53. The number of hydrogen-bond donors (Lipinski definition) is 2. The molecule has 1 aromatic carbocycles. The first kappa shape index (κ1) is 18.3. The van der Waals surface area contributed by atoms with Crippen molar-refractivity contribution in [1.82, 2.24) is 15.2 Å². The van der Waals surface area contributed by atoms with E-state index in [0.29, 0.717) is 23.4 Å². The van der Waals surface area contributed by atoms with Crippen LogP contribution in [0.5, 0.6) is 5.75 Å². The third kappa shape index (κ3) is 3.28. The number of amides is 2. The van der Waals surface area contributed by atoms with Crippen LogP contribution in [0.2, 0.25) is 0 Å². The number of nitrogens with one attached hydrogen (secondary N) is 1. The van der Waals surface area contributed by atoms with Crippen molar-refractivity contribution in [2.45, 2.75) is 37.3 Å². The molecule has 2 amide bonds. The van der Waals surface area contributed by atoms with E-state index in [1.807, 2.05) is 25.2 Å².